The molecule has 21 heavy (non-hydrogen) atoms. The Morgan fingerprint density at radius 1 is 1.19 bits per heavy atom. The minimum atomic E-state index is -0.454. The van der Waals surface area contributed by atoms with E-state index < -0.39 is 4.92 Å². The molecule has 2 unspecified atom stereocenters. The number of nitro groups is 1. The zero-order valence-corrected chi connectivity index (χ0v) is 12.0. The maximum absolute atomic E-state index is 11.3. The summed E-state index contributed by atoms with van der Waals surface area (Å²) in [4.78, 5) is 23.9. The number of nitro benzene ring substituents is 1. The van der Waals surface area contributed by atoms with Gasteiger partial charge < -0.3 is 4.90 Å². The number of anilines is 1. The Balaban J connectivity index is 1.83. The molecule has 1 saturated carbocycles. The van der Waals surface area contributed by atoms with Crippen molar-refractivity contribution >= 4 is 17.7 Å². The quantitative estimate of drug-likeness (QED) is 0.485. The van der Waals surface area contributed by atoms with Crippen molar-refractivity contribution in [1.29, 1.82) is 0 Å². The Hall–Kier alpha value is -1.91. The first kappa shape index (κ1) is 14.0. The van der Waals surface area contributed by atoms with Crippen molar-refractivity contribution in [3.63, 3.8) is 0 Å². The van der Waals surface area contributed by atoms with Gasteiger partial charge in [0.25, 0.3) is 5.69 Å². The van der Waals surface area contributed by atoms with E-state index in [1.165, 1.54) is 44.2 Å². The molecule has 5 nitrogen and oxygen atoms in total. The molecule has 1 aliphatic carbocycles. The van der Waals surface area contributed by atoms with Crippen LogP contribution in [0.15, 0.2) is 18.2 Å². The summed E-state index contributed by atoms with van der Waals surface area (Å²) in [5.74, 6) is 1.54. The van der Waals surface area contributed by atoms with Crippen molar-refractivity contribution in [3.8, 4) is 0 Å². The molecular weight excluding hydrogens is 268 g/mol. The Kier molecular flexibility index (Phi) is 3.90. The van der Waals surface area contributed by atoms with Crippen LogP contribution < -0.4 is 4.90 Å². The minimum absolute atomic E-state index is 0.0200. The molecule has 1 aliphatic heterocycles. The number of hydrogen-bond acceptors (Lipinski definition) is 4. The Morgan fingerprint density at radius 3 is 2.67 bits per heavy atom. The number of hydrogen-bond donors (Lipinski definition) is 0. The Bertz CT molecular complexity index is 558. The van der Waals surface area contributed by atoms with E-state index in [1.54, 1.807) is 6.07 Å². The van der Waals surface area contributed by atoms with Crippen LogP contribution in [0.1, 0.15) is 42.5 Å². The predicted molar refractivity (Wildman–Crippen MR) is 80.8 cm³/mol. The topological polar surface area (TPSA) is 63.4 Å². The molecule has 1 heterocycles. The second-order valence-corrected chi connectivity index (χ2v) is 6.16. The molecule has 2 fully saturated rings. The zero-order valence-electron chi connectivity index (χ0n) is 12.0. The number of fused-ring (bicyclic) bond motifs is 1. The maximum atomic E-state index is 11.3. The maximum Gasteiger partial charge on any atom is 0.270 e. The summed E-state index contributed by atoms with van der Waals surface area (Å²) < 4.78 is 0. The zero-order chi connectivity index (χ0) is 14.8. The number of rotatable bonds is 3. The van der Waals surface area contributed by atoms with Gasteiger partial charge in [-0.05, 0) is 30.7 Å². The molecule has 1 saturated heterocycles. The first-order chi connectivity index (χ1) is 10.2. The van der Waals surface area contributed by atoms with E-state index in [9.17, 15) is 14.9 Å². The smallest absolute Gasteiger partial charge is 0.270 e. The lowest BCUT2D eigenvalue weighted by molar-refractivity contribution is -0.384. The van der Waals surface area contributed by atoms with E-state index in [0.29, 0.717) is 11.5 Å². The average molecular weight is 288 g/mol. The average Bonchev–Trinajstić information content (AvgIpc) is 2.53. The second kappa shape index (κ2) is 5.84. The molecule has 2 atom stereocenters. The third-order valence-electron chi connectivity index (χ3n) is 4.98. The summed E-state index contributed by atoms with van der Waals surface area (Å²) in [6.45, 7) is 1.92. The van der Waals surface area contributed by atoms with Gasteiger partial charge in [-0.25, -0.2) is 0 Å². The standard InChI is InChI=1S/C16H20N2O3/c19-11-14-9-15(18(20)21)5-6-16(14)17-8-7-12-3-1-2-4-13(12)10-17/h5-6,9,11-13H,1-4,7-8,10H2. The van der Waals surface area contributed by atoms with E-state index in [2.05, 4.69) is 4.90 Å². The van der Waals surface area contributed by atoms with Gasteiger partial charge in [0, 0.05) is 36.5 Å². The van der Waals surface area contributed by atoms with Crippen LogP contribution >= 0.6 is 0 Å². The number of benzene rings is 1. The molecule has 5 heteroatoms. The molecular formula is C16H20N2O3. The summed E-state index contributed by atoms with van der Waals surface area (Å²) in [5.41, 5.74) is 1.26. The molecule has 0 aromatic heterocycles. The van der Waals surface area contributed by atoms with Crippen LogP contribution in [0.25, 0.3) is 0 Å². The fourth-order valence-corrected chi connectivity index (χ4v) is 3.86. The Morgan fingerprint density at radius 2 is 1.95 bits per heavy atom. The summed E-state index contributed by atoms with van der Waals surface area (Å²) in [6, 6.07) is 4.61. The fraction of sp³-hybridized carbons (Fsp3) is 0.562. The van der Waals surface area contributed by atoms with Crippen LogP contribution in [0.3, 0.4) is 0 Å². The van der Waals surface area contributed by atoms with Crippen LogP contribution in [0.2, 0.25) is 0 Å². The highest BCUT2D eigenvalue weighted by Gasteiger charge is 2.32. The van der Waals surface area contributed by atoms with Crippen molar-refractivity contribution in [2.24, 2.45) is 11.8 Å². The molecule has 1 aromatic carbocycles. The van der Waals surface area contributed by atoms with E-state index >= 15 is 0 Å². The lowest BCUT2D eigenvalue weighted by Gasteiger charge is -2.42. The van der Waals surface area contributed by atoms with Crippen LogP contribution in [0, 0.1) is 22.0 Å². The van der Waals surface area contributed by atoms with Crippen molar-refractivity contribution in [3.05, 3.63) is 33.9 Å². The monoisotopic (exact) mass is 288 g/mol. The highest BCUT2D eigenvalue weighted by atomic mass is 16.6. The summed E-state index contributed by atoms with van der Waals surface area (Å²) in [5, 5.41) is 10.8. The minimum Gasteiger partial charge on any atom is -0.371 e. The second-order valence-electron chi connectivity index (χ2n) is 6.16. The Labute approximate surface area is 124 Å². The highest BCUT2D eigenvalue weighted by Crippen LogP contribution is 2.38. The molecule has 112 valence electrons. The van der Waals surface area contributed by atoms with Crippen LogP contribution in [0.4, 0.5) is 11.4 Å². The molecule has 0 N–H and O–H groups in total. The van der Waals surface area contributed by atoms with Crippen molar-refractivity contribution in [2.45, 2.75) is 32.1 Å². The lowest BCUT2D eigenvalue weighted by Crippen LogP contribution is -2.42. The van der Waals surface area contributed by atoms with Gasteiger partial charge in [0.15, 0.2) is 6.29 Å². The summed E-state index contributed by atoms with van der Waals surface area (Å²) >= 11 is 0. The van der Waals surface area contributed by atoms with Crippen molar-refractivity contribution in [2.75, 3.05) is 18.0 Å². The number of nitrogens with zero attached hydrogens (tertiary/aromatic N) is 2. The van der Waals surface area contributed by atoms with Crippen LogP contribution in [0.5, 0.6) is 0 Å². The van der Waals surface area contributed by atoms with Gasteiger partial charge in [-0.15, -0.1) is 0 Å². The molecule has 3 rings (SSSR count). The van der Waals surface area contributed by atoms with Gasteiger partial charge in [0.1, 0.15) is 0 Å². The van der Waals surface area contributed by atoms with Gasteiger partial charge in [-0.1, -0.05) is 19.3 Å². The van der Waals surface area contributed by atoms with Gasteiger partial charge >= 0.3 is 0 Å². The van der Waals surface area contributed by atoms with Crippen LogP contribution in [-0.2, 0) is 0 Å². The number of piperidine rings is 1. The first-order valence-corrected chi connectivity index (χ1v) is 7.67. The fourth-order valence-electron chi connectivity index (χ4n) is 3.86. The van der Waals surface area contributed by atoms with E-state index in [1.807, 2.05) is 0 Å². The predicted octanol–water partition coefficient (Wildman–Crippen LogP) is 3.42. The van der Waals surface area contributed by atoms with Crippen molar-refractivity contribution < 1.29 is 9.72 Å². The van der Waals surface area contributed by atoms with E-state index in [4.69, 9.17) is 0 Å². The lowest BCUT2D eigenvalue weighted by atomic mass is 9.75. The third kappa shape index (κ3) is 2.77. The van der Waals surface area contributed by atoms with Gasteiger partial charge in [0.05, 0.1) is 4.92 Å². The van der Waals surface area contributed by atoms with Crippen molar-refractivity contribution in [1.82, 2.24) is 0 Å². The molecule has 0 spiro atoms. The van der Waals surface area contributed by atoms with Gasteiger partial charge in [0.2, 0.25) is 0 Å². The molecule has 0 amide bonds. The number of non-ortho nitro benzene ring substituents is 1. The summed E-state index contributed by atoms with van der Waals surface area (Å²) in [6.07, 6.45) is 7.15. The SMILES string of the molecule is O=Cc1cc([N+](=O)[O-])ccc1N1CCC2CCCCC2C1. The highest BCUT2D eigenvalue weighted by molar-refractivity contribution is 5.86. The van der Waals surface area contributed by atoms with Crippen LogP contribution in [-0.4, -0.2) is 24.3 Å². The largest absolute Gasteiger partial charge is 0.371 e. The normalized spacial score (nSPS) is 25.2. The van der Waals surface area contributed by atoms with Gasteiger partial charge in [-0.3, -0.25) is 14.9 Å². The summed E-state index contributed by atoms with van der Waals surface area (Å²) in [7, 11) is 0. The number of carbonyl (C=O) groups is 1. The molecule has 2 aliphatic rings. The number of carbonyl (C=O) groups excluding carboxylic acids is 1. The van der Waals surface area contributed by atoms with E-state index in [0.717, 1.165) is 31.0 Å². The first-order valence-electron chi connectivity index (χ1n) is 7.67. The molecule has 1 aromatic rings. The van der Waals surface area contributed by atoms with E-state index in [-0.39, 0.29) is 5.69 Å². The molecule has 0 radical (unpaired) electrons. The number of aldehydes is 1. The van der Waals surface area contributed by atoms with Gasteiger partial charge in [-0.2, -0.15) is 0 Å². The third-order valence-corrected chi connectivity index (χ3v) is 4.98. The molecule has 0 bridgehead atoms.